The fraction of sp³-hybridized carbons (Fsp3) is 0.417. The highest BCUT2D eigenvalue weighted by atomic mass is 35.5. The lowest BCUT2D eigenvalue weighted by molar-refractivity contribution is -0.137. The molecule has 0 aromatic heterocycles. The standard InChI is InChI=1S/C12H15F3N2S.ClH/c1-2-3-8-18-11(16)17-10-6-4-9(5-7-10)12(13,14)15;/h4-7H,2-3,8H2,1H3,(H2,16,17);1H. The molecule has 0 saturated heterocycles. The van der Waals surface area contributed by atoms with Crippen LogP contribution in [-0.2, 0) is 6.18 Å². The summed E-state index contributed by atoms with van der Waals surface area (Å²) in [5.74, 6) is 0.868. The van der Waals surface area contributed by atoms with Gasteiger partial charge in [-0.3, -0.25) is 0 Å². The van der Waals surface area contributed by atoms with E-state index in [4.69, 9.17) is 5.73 Å². The van der Waals surface area contributed by atoms with Gasteiger partial charge in [-0.2, -0.15) is 13.2 Å². The summed E-state index contributed by atoms with van der Waals surface area (Å²) >= 11 is 1.41. The van der Waals surface area contributed by atoms with E-state index in [1.54, 1.807) is 0 Å². The van der Waals surface area contributed by atoms with Gasteiger partial charge in [-0.25, -0.2) is 4.99 Å². The van der Waals surface area contributed by atoms with Crippen molar-refractivity contribution < 1.29 is 13.2 Å². The molecule has 0 unspecified atom stereocenters. The predicted molar refractivity (Wildman–Crippen MR) is 77.3 cm³/mol. The second-order valence-corrected chi connectivity index (χ2v) is 4.81. The lowest BCUT2D eigenvalue weighted by Gasteiger charge is -2.06. The summed E-state index contributed by atoms with van der Waals surface area (Å²) in [6.07, 6.45) is -2.21. The van der Waals surface area contributed by atoms with Gasteiger partial charge in [-0.15, -0.1) is 12.4 Å². The average Bonchev–Trinajstić information content (AvgIpc) is 2.29. The maximum absolute atomic E-state index is 12.3. The fourth-order valence-corrected chi connectivity index (χ4v) is 2.02. The number of nitrogens with two attached hydrogens (primary N) is 1. The van der Waals surface area contributed by atoms with Crippen LogP contribution in [0, 0.1) is 0 Å². The number of aliphatic imine (C=N–C) groups is 1. The van der Waals surface area contributed by atoms with Crippen molar-refractivity contribution in [2.45, 2.75) is 25.9 Å². The Kier molecular flexibility index (Phi) is 7.94. The van der Waals surface area contributed by atoms with E-state index in [2.05, 4.69) is 11.9 Å². The molecule has 0 amide bonds. The van der Waals surface area contributed by atoms with Crippen molar-refractivity contribution in [1.29, 1.82) is 0 Å². The van der Waals surface area contributed by atoms with Gasteiger partial charge in [0.05, 0.1) is 11.3 Å². The Bertz CT molecular complexity index is 404. The van der Waals surface area contributed by atoms with Crippen LogP contribution >= 0.6 is 24.2 Å². The Labute approximate surface area is 121 Å². The summed E-state index contributed by atoms with van der Waals surface area (Å²) in [4.78, 5) is 4.04. The summed E-state index contributed by atoms with van der Waals surface area (Å²) in [7, 11) is 0. The van der Waals surface area contributed by atoms with E-state index in [0.29, 0.717) is 10.9 Å². The van der Waals surface area contributed by atoms with Crippen molar-refractivity contribution in [3.63, 3.8) is 0 Å². The zero-order valence-electron chi connectivity index (χ0n) is 10.4. The van der Waals surface area contributed by atoms with Crippen molar-refractivity contribution in [1.82, 2.24) is 0 Å². The van der Waals surface area contributed by atoms with Gasteiger partial charge in [0.15, 0.2) is 5.17 Å². The highest BCUT2D eigenvalue weighted by Crippen LogP contribution is 2.30. The fourth-order valence-electron chi connectivity index (χ4n) is 1.21. The Morgan fingerprint density at radius 2 is 1.84 bits per heavy atom. The SMILES string of the molecule is CCCCSC(N)=Nc1ccc(C(F)(F)F)cc1.Cl. The van der Waals surface area contributed by atoms with Crippen LogP contribution in [0.5, 0.6) is 0 Å². The normalized spacial score (nSPS) is 12.1. The monoisotopic (exact) mass is 312 g/mol. The number of alkyl halides is 3. The molecule has 0 bridgehead atoms. The van der Waals surface area contributed by atoms with Crippen molar-refractivity contribution in [3.8, 4) is 0 Å². The molecule has 0 aliphatic heterocycles. The molecule has 0 fully saturated rings. The molecule has 0 spiro atoms. The van der Waals surface area contributed by atoms with Gasteiger partial charge in [0.1, 0.15) is 0 Å². The third-order valence-electron chi connectivity index (χ3n) is 2.18. The van der Waals surface area contributed by atoms with Crippen LogP contribution in [0.1, 0.15) is 25.3 Å². The van der Waals surface area contributed by atoms with E-state index in [9.17, 15) is 13.2 Å². The van der Waals surface area contributed by atoms with E-state index in [1.165, 1.54) is 23.9 Å². The average molecular weight is 313 g/mol. The number of nitrogens with zero attached hydrogens (tertiary/aromatic N) is 1. The molecule has 7 heteroatoms. The molecule has 19 heavy (non-hydrogen) atoms. The van der Waals surface area contributed by atoms with Crippen LogP contribution in [0.4, 0.5) is 18.9 Å². The largest absolute Gasteiger partial charge is 0.416 e. The van der Waals surface area contributed by atoms with Gasteiger partial charge >= 0.3 is 6.18 Å². The molecule has 108 valence electrons. The number of amidine groups is 1. The van der Waals surface area contributed by atoms with Crippen LogP contribution in [0.25, 0.3) is 0 Å². The summed E-state index contributed by atoms with van der Waals surface area (Å²) in [6.45, 7) is 2.07. The first-order valence-electron chi connectivity index (χ1n) is 5.57. The molecule has 0 saturated carbocycles. The second kappa shape index (κ2) is 8.32. The maximum atomic E-state index is 12.3. The second-order valence-electron chi connectivity index (χ2n) is 3.70. The van der Waals surface area contributed by atoms with E-state index in [-0.39, 0.29) is 12.4 Å². The topological polar surface area (TPSA) is 38.4 Å². The summed E-state index contributed by atoms with van der Waals surface area (Å²) in [6, 6.07) is 4.64. The number of unbranched alkanes of at least 4 members (excludes halogenated alkanes) is 1. The van der Waals surface area contributed by atoms with Gasteiger partial charge in [0, 0.05) is 5.75 Å². The molecule has 0 aliphatic carbocycles. The van der Waals surface area contributed by atoms with Crippen LogP contribution in [0.3, 0.4) is 0 Å². The summed E-state index contributed by atoms with van der Waals surface area (Å²) < 4.78 is 37.0. The quantitative estimate of drug-likeness (QED) is 0.501. The van der Waals surface area contributed by atoms with Gasteiger partial charge < -0.3 is 5.73 Å². The van der Waals surface area contributed by atoms with Crippen LogP contribution < -0.4 is 5.73 Å². The number of rotatable bonds is 4. The Balaban J connectivity index is 0.00000324. The van der Waals surface area contributed by atoms with Gasteiger partial charge in [0.25, 0.3) is 0 Å². The van der Waals surface area contributed by atoms with Crippen LogP contribution in [-0.4, -0.2) is 10.9 Å². The summed E-state index contributed by atoms with van der Waals surface area (Å²) in [5, 5.41) is 0.378. The molecule has 1 aromatic carbocycles. The number of halogens is 4. The van der Waals surface area contributed by atoms with Crippen molar-refractivity contribution in [2.75, 3.05) is 5.75 Å². The minimum absolute atomic E-state index is 0. The number of benzene rings is 1. The summed E-state index contributed by atoms with van der Waals surface area (Å²) in [5.41, 5.74) is 5.41. The first-order chi connectivity index (χ1) is 8.43. The third kappa shape index (κ3) is 6.73. The maximum Gasteiger partial charge on any atom is 0.416 e. The first kappa shape index (κ1) is 18.1. The Morgan fingerprint density at radius 3 is 2.32 bits per heavy atom. The zero-order chi connectivity index (χ0) is 13.6. The Hall–Kier alpha value is -0.880. The number of hydrogen-bond acceptors (Lipinski definition) is 2. The van der Waals surface area contributed by atoms with Crippen LogP contribution in [0.2, 0.25) is 0 Å². The molecular formula is C12H16ClF3N2S. The number of hydrogen-bond donors (Lipinski definition) is 1. The van der Waals surface area contributed by atoms with Gasteiger partial charge in [-0.05, 0) is 30.7 Å². The van der Waals surface area contributed by atoms with Gasteiger partial charge in [-0.1, -0.05) is 25.1 Å². The smallest absolute Gasteiger partial charge is 0.378 e. The van der Waals surface area contributed by atoms with Crippen molar-refractivity contribution >= 4 is 35.0 Å². The lowest BCUT2D eigenvalue weighted by atomic mass is 10.2. The van der Waals surface area contributed by atoms with Crippen molar-refractivity contribution in [3.05, 3.63) is 29.8 Å². The van der Waals surface area contributed by atoms with Crippen LogP contribution in [0.15, 0.2) is 29.3 Å². The van der Waals surface area contributed by atoms with E-state index in [1.807, 2.05) is 0 Å². The molecule has 0 radical (unpaired) electrons. The predicted octanol–water partition coefficient (Wildman–Crippen LogP) is 4.61. The molecule has 0 atom stereocenters. The third-order valence-corrected chi connectivity index (χ3v) is 3.06. The number of thioether (sulfide) groups is 1. The van der Waals surface area contributed by atoms with E-state index >= 15 is 0 Å². The molecule has 0 heterocycles. The highest BCUT2D eigenvalue weighted by Gasteiger charge is 2.29. The molecule has 2 N–H and O–H groups in total. The first-order valence-corrected chi connectivity index (χ1v) is 6.56. The highest BCUT2D eigenvalue weighted by molar-refractivity contribution is 8.13. The van der Waals surface area contributed by atoms with E-state index in [0.717, 1.165) is 30.7 Å². The minimum atomic E-state index is -4.32. The van der Waals surface area contributed by atoms with Crippen molar-refractivity contribution in [2.24, 2.45) is 10.7 Å². The van der Waals surface area contributed by atoms with E-state index < -0.39 is 11.7 Å². The molecule has 1 rings (SSSR count). The molecule has 1 aromatic rings. The Morgan fingerprint density at radius 1 is 1.26 bits per heavy atom. The molecule has 0 aliphatic rings. The minimum Gasteiger partial charge on any atom is -0.378 e. The lowest BCUT2D eigenvalue weighted by Crippen LogP contribution is -2.07. The zero-order valence-corrected chi connectivity index (χ0v) is 12.0. The van der Waals surface area contributed by atoms with Gasteiger partial charge in [0.2, 0.25) is 0 Å². The molecule has 2 nitrogen and oxygen atoms in total. The molecular weight excluding hydrogens is 297 g/mol.